The van der Waals surface area contributed by atoms with Crippen molar-refractivity contribution in [3.63, 3.8) is 0 Å². The minimum Gasteiger partial charge on any atom is -0.394 e. The molecule has 0 saturated carbocycles. The maximum absolute atomic E-state index is 13.7. The maximum atomic E-state index is 13.7. The predicted molar refractivity (Wildman–Crippen MR) is 154 cm³/mol. The van der Waals surface area contributed by atoms with E-state index in [1.165, 1.54) is 0 Å². The molecule has 4 aromatic rings. The van der Waals surface area contributed by atoms with Crippen molar-refractivity contribution in [3.8, 4) is 5.69 Å². The molecule has 1 aromatic heterocycles. The monoisotopic (exact) mass is 565 g/mol. The van der Waals surface area contributed by atoms with E-state index in [1.54, 1.807) is 16.8 Å². The van der Waals surface area contributed by atoms with Crippen molar-refractivity contribution in [2.75, 3.05) is 6.61 Å². The molecule has 0 radical (unpaired) electrons. The Hall–Kier alpha value is -3.09. The number of benzene rings is 3. The van der Waals surface area contributed by atoms with E-state index in [4.69, 9.17) is 39.9 Å². The Morgan fingerprint density at radius 3 is 2.39 bits per heavy atom. The number of aromatic nitrogens is 2. The number of carbonyl (C=O) groups is 1. The molecule has 0 bridgehead atoms. The predicted octanol–water partition coefficient (Wildman–Crippen LogP) is 7.56. The van der Waals surface area contributed by atoms with Crippen molar-refractivity contribution in [2.45, 2.75) is 31.7 Å². The Labute approximate surface area is 236 Å². The molecule has 8 heteroatoms. The van der Waals surface area contributed by atoms with Crippen molar-refractivity contribution in [3.05, 3.63) is 116 Å². The highest BCUT2D eigenvalue weighted by Crippen LogP contribution is 2.37. The second-order valence-electron chi connectivity index (χ2n) is 9.23. The number of allylic oxidation sites excluding steroid dienone is 1. The van der Waals surface area contributed by atoms with Crippen molar-refractivity contribution < 1.29 is 9.90 Å². The molecular formula is C30H26Cl3N3O2. The molecule has 5 nitrogen and oxygen atoms in total. The lowest BCUT2D eigenvalue weighted by molar-refractivity contribution is 0.0909. The molecule has 1 atom stereocenters. The first kappa shape index (κ1) is 26.5. The summed E-state index contributed by atoms with van der Waals surface area (Å²) >= 11 is 18.9. The number of hydrogen-bond acceptors (Lipinski definition) is 3. The molecule has 1 aliphatic carbocycles. The molecule has 0 saturated heterocycles. The van der Waals surface area contributed by atoms with Gasteiger partial charge in [-0.05, 0) is 78.8 Å². The molecule has 1 heterocycles. The van der Waals surface area contributed by atoms with Gasteiger partial charge in [-0.2, -0.15) is 5.10 Å². The van der Waals surface area contributed by atoms with E-state index in [0.717, 1.165) is 47.2 Å². The Bertz CT molecular complexity index is 1480. The summed E-state index contributed by atoms with van der Waals surface area (Å²) in [6.45, 7) is -0.233. The van der Waals surface area contributed by atoms with Crippen molar-refractivity contribution >= 4 is 52.4 Å². The third-order valence-corrected chi connectivity index (χ3v) is 7.45. The van der Waals surface area contributed by atoms with E-state index >= 15 is 0 Å². The van der Waals surface area contributed by atoms with E-state index in [9.17, 15) is 9.90 Å². The van der Waals surface area contributed by atoms with Gasteiger partial charge in [0.05, 0.1) is 29.1 Å². The lowest BCUT2D eigenvalue weighted by Gasteiger charge is -2.16. The van der Waals surface area contributed by atoms with Crippen LogP contribution in [-0.2, 0) is 6.42 Å². The van der Waals surface area contributed by atoms with E-state index in [0.29, 0.717) is 32.9 Å². The van der Waals surface area contributed by atoms with Gasteiger partial charge < -0.3 is 10.4 Å². The lowest BCUT2D eigenvalue weighted by atomic mass is 10.0. The van der Waals surface area contributed by atoms with Gasteiger partial charge in [-0.3, -0.25) is 4.79 Å². The van der Waals surface area contributed by atoms with Crippen molar-refractivity contribution in [1.29, 1.82) is 0 Å². The first-order valence-corrected chi connectivity index (χ1v) is 13.6. The minimum atomic E-state index is -0.557. The topological polar surface area (TPSA) is 67.2 Å². The lowest BCUT2D eigenvalue weighted by Crippen LogP contribution is -2.31. The van der Waals surface area contributed by atoms with Crippen LogP contribution in [0, 0.1) is 0 Å². The molecular weight excluding hydrogens is 541 g/mol. The smallest absolute Gasteiger partial charge is 0.272 e. The molecule has 38 heavy (non-hydrogen) atoms. The van der Waals surface area contributed by atoms with Crippen LogP contribution in [0.5, 0.6) is 0 Å². The van der Waals surface area contributed by atoms with Crippen LogP contribution in [0.25, 0.3) is 17.3 Å². The molecule has 1 unspecified atom stereocenters. The summed E-state index contributed by atoms with van der Waals surface area (Å²) in [6, 6.07) is 21.7. The SMILES string of the molecule is O=C(NC(CO)c1ccccc1)c1nn(-c2ccc(Cl)cc2Cl)c2c1CCCC/C2=C\c1ccc(Cl)cc1. The van der Waals surface area contributed by atoms with Crippen LogP contribution in [0.4, 0.5) is 0 Å². The van der Waals surface area contributed by atoms with E-state index < -0.39 is 6.04 Å². The second kappa shape index (κ2) is 11.7. The van der Waals surface area contributed by atoms with Crippen LogP contribution in [0.1, 0.15) is 58.2 Å². The van der Waals surface area contributed by atoms with Gasteiger partial charge in [-0.1, -0.05) is 77.3 Å². The summed E-state index contributed by atoms with van der Waals surface area (Å²) in [5.74, 6) is -0.347. The third kappa shape index (κ3) is 5.67. The molecule has 2 N–H and O–H groups in total. The fourth-order valence-electron chi connectivity index (χ4n) is 4.81. The highest BCUT2D eigenvalue weighted by atomic mass is 35.5. The van der Waals surface area contributed by atoms with E-state index in [2.05, 4.69) is 11.4 Å². The minimum absolute atomic E-state index is 0.233. The average Bonchev–Trinajstić information content (AvgIpc) is 3.17. The molecule has 1 amide bonds. The number of halogens is 3. The normalized spacial score (nSPS) is 15.1. The summed E-state index contributed by atoms with van der Waals surface area (Å²) in [5.41, 5.74) is 5.55. The van der Waals surface area contributed by atoms with Crippen molar-refractivity contribution in [1.82, 2.24) is 15.1 Å². The number of hydrogen-bond donors (Lipinski definition) is 2. The average molecular weight is 567 g/mol. The first-order valence-electron chi connectivity index (χ1n) is 12.4. The zero-order valence-electron chi connectivity index (χ0n) is 20.5. The summed E-state index contributed by atoms with van der Waals surface area (Å²) in [7, 11) is 0. The molecule has 0 spiro atoms. The van der Waals surface area contributed by atoms with Crippen molar-refractivity contribution in [2.24, 2.45) is 0 Å². The molecule has 1 aliphatic rings. The van der Waals surface area contributed by atoms with Crippen LogP contribution in [0.2, 0.25) is 15.1 Å². The molecule has 5 rings (SSSR count). The van der Waals surface area contributed by atoms with Crippen LogP contribution in [0.15, 0.2) is 72.8 Å². The Morgan fingerprint density at radius 2 is 1.68 bits per heavy atom. The second-order valence-corrected chi connectivity index (χ2v) is 10.5. The first-order chi connectivity index (χ1) is 18.4. The highest BCUT2D eigenvalue weighted by Gasteiger charge is 2.29. The fourth-order valence-corrected chi connectivity index (χ4v) is 5.42. The Morgan fingerprint density at radius 1 is 0.974 bits per heavy atom. The number of aliphatic hydroxyl groups is 1. The summed E-state index contributed by atoms with van der Waals surface area (Å²) < 4.78 is 1.76. The van der Waals surface area contributed by atoms with E-state index in [-0.39, 0.29) is 12.5 Å². The van der Waals surface area contributed by atoms with Crippen LogP contribution in [0.3, 0.4) is 0 Å². The number of fused-ring (bicyclic) bond motifs is 1. The standard InChI is InChI=1S/C30H26Cl3N3O2/c31-22-12-10-19(11-13-22)16-21-8-4-5-9-24-28(30(38)34-26(18-37)20-6-2-1-3-7-20)35-36(29(21)24)27-15-14-23(32)17-25(27)33/h1-3,6-7,10-17,26,37H,4-5,8-9,18H2,(H,34,38)/b21-16+. The van der Waals surface area contributed by atoms with Crippen LogP contribution >= 0.6 is 34.8 Å². The summed E-state index contributed by atoms with van der Waals surface area (Å²) in [5, 5.41) is 19.4. The van der Waals surface area contributed by atoms with Gasteiger partial charge in [0, 0.05) is 15.6 Å². The fraction of sp³-hybridized carbons (Fsp3) is 0.200. The number of rotatable bonds is 6. The van der Waals surface area contributed by atoms with Gasteiger partial charge in [0.25, 0.3) is 5.91 Å². The zero-order valence-corrected chi connectivity index (χ0v) is 22.8. The largest absolute Gasteiger partial charge is 0.394 e. The molecule has 0 aliphatic heterocycles. The van der Waals surface area contributed by atoms with Crippen LogP contribution < -0.4 is 5.32 Å². The van der Waals surface area contributed by atoms with Gasteiger partial charge >= 0.3 is 0 Å². The van der Waals surface area contributed by atoms with E-state index in [1.807, 2.05) is 60.7 Å². The summed E-state index contributed by atoms with van der Waals surface area (Å²) in [6.07, 6.45) is 5.50. The number of nitrogens with one attached hydrogen (secondary N) is 1. The number of amides is 1. The van der Waals surface area contributed by atoms with Gasteiger partial charge in [-0.25, -0.2) is 4.68 Å². The number of aliphatic hydroxyl groups excluding tert-OH is 1. The molecule has 0 fully saturated rings. The zero-order chi connectivity index (χ0) is 26.6. The van der Waals surface area contributed by atoms with Crippen LogP contribution in [-0.4, -0.2) is 27.4 Å². The van der Waals surface area contributed by atoms with Gasteiger partial charge in [-0.15, -0.1) is 0 Å². The Balaban J connectivity index is 1.64. The van der Waals surface area contributed by atoms with Gasteiger partial charge in [0.2, 0.25) is 0 Å². The Kier molecular flexibility index (Phi) is 8.20. The highest BCUT2D eigenvalue weighted by molar-refractivity contribution is 6.35. The molecule has 194 valence electrons. The maximum Gasteiger partial charge on any atom is 0.272 e. The quantitative estimate of drug-likeness (QED) is 0.237. The summed E-state index contributed by atoms with van der Waals surface area (Å²) in [4.78, 5) is 13.7. The molecule has 3 aromatic carbocycles. The number of carbonyl (C=O) groups excluding carboxylic acids is 1. The van der Waals surface area contributed by atoms with Gasteiger partial charge in [0.15, 0.2) is 5.69 Å². The third-order valence-electron chi connectivity index (χ3n) is 6.66. The van der Waals surface area contributed by atoms with Gasteiger partial charge in [0.1, 0.15) is 0 Å². The number of nitrogens with zero attached hydrogens (tertiary/aromatic N) is 2.